The smallest absolute Gasteiger partial charge is 0.303 e. The molecule has 0 saturated heterocycles. The van der Waals surface area contributed by atoms with Crippen LogP contribution in [0.3, 0.4) is 0 Å². The number of nitrogens with zero attached hydrogens (tertiary/aromatic N) is 1. The van der Waals surface area contributed by atoms with Crippen molar-refractivity contribution < 1.29 is 13.9 Å². The van der Waals surface area contributed by atoms with Crippen LogP contribution in [-0.4, -0.2) is 11.0 Å². The van der Waals surface area contributed by atoms with Gasteiger partial charge >= 0.3 is 5.97 Å². The predicted octanol–water partition coefficient (Wildman–Crippen LogP) is 2.97. The van der Waals surface area contributed by atoms with Crippen LogP contribution in [0.4, 0.5) is 0 Å². The molecule has 3 aromatic rings. The van der Waals surface area contributed by atoms with Gasteiger partial charge in [0.2, 0.25) is 11.1 Å². The molecule has 0 aliphatic heterocycles. The highest BCUT2D eigenvalue weighted by Crippen LogP contribution is 2.23. The van der Waals surface area contributed by atoms with Crippen molar-refractivity contribution in [2.75, 3.05) is 0 Å². The van der Waals surface area contributed by atoms with E-state index in [1.165, 1.54) is 6.92 Å². The predicted molar refractivity (Wildman–Crippen MR) is 78.0 cm³/mol. The molecular formula is C16H13NO4. The third kappa shape index (κ3) is 2.38. The molecule has 3 rings (SSSR count). The van der Waals surface area contributed by atoms with Gasteiger partial charge in [-0.15, -0.1) is 0 Å². The van der Waals surface area contributed by atoms with Crippen LogP contribution in [-0.2, 0) is 9.53 Å². The number of fused-ring (bicyclic) bond motifs is 2. The molecule has 0 aliphatic rings. The molecule has 1 unspecified atom stereocenters. The Labute approximate surface area is 120 Å². The van der Waals surface area contributed by atoms with Gasteiger partial charge in [-0.25, -0.2) is 4.98 Å². The molecule has 2 heterocycles. The highest BCUT2D eigenvalue weighted by atomic mass is 16.5. The van der Waals surface area contributed by atoms with Crippen molar-refractivity contribution in [2.45, 2.75) is 20.0 Å². The van der Waals surface area contributed by atoms with Gasteiger partial charge in [0.05, 0.1) is 10.8 Å². The van der Waals surface area contributed by atoms with Gasteiger partial charge < -0.3 is 9.15 Å². The van der Waals surface area contributed by atoms with Crippen molar-refractivity contribution >= 4 is 28.0 Å². The number of pyridine rings is 1. The molecule has 1 aromatic carbocycles. The van der Waals surface area contributed by atoms with E-state index in [0.717, 1.165) is 5.56 Å². The average Bonchev–Trinajstić information content (AvgIpc) is 2.46. The van der Waals surface area contributed by atoms with Crippen molar-refractivity contribution in [3.63, 3.8) is 0 Å². The summed E-state index contributed by atoms with van der Waals surface area (Å²) in [6.45, 7) is 3.11. The van der Waals surface area contributed by atoms with Crippen molar-refractivity contribution in [3.8, 4) is 0 Å². The maximum Gasteiger partial charge on any atom is 0.303 e. The number of rotatable bonds is 2. The lowest BCUT2D eigenvalue weighted by Gasteiger charge is -2.12. The van der Waals surface area contributed by atoms with Crippen LogP contribution in [0.1, 0.15) is 25.5 Å². The second-order valence-corrected chi connectivity index (χ2v) is 4.79. The number of hydrogen-bond donors (Lipinski definition) is 0. The van der Waals surface area contributed by atoms with E-state index in [1.54, 1.807) is 43.5 Å². The summed E-state index contributed by atoms with van der Waals surface area (Å²) in [4.78, 5) is 27.6. The molecule has 0 amide bonds. The minimum Gasteiger partial charge on any atom is -0.458 e. The Hall–Kier alpha value is -2.69. The van der Waals surface area contributed by atoms with Crippen molar-refractivity contribution in [1.82, 2.24) is 4.98 Å². The topological polar surface area (TPSA) is 69.4 Å². The van der Waals surface area contributed by atoms with Gasteiger partial charge in [0.1, 0.15) is 11.7 Å². The second-order valence-electron chi connectivity index (χ2n) is 4.79. The molecule has 0 fully saturated rings. The zero-order valence-corrected chi connectivity index (χ0v) is 11.6. The quantitative estimate of drug-likeness (QED) is 0.534. The molecule has 2 aromatic heterocycles. The number of carbonyl (C=O) groups excluding carboxylic acids is 1. The van der Waals surface area contributed by atoms with Gasteiger partial charge in [0.25, 0.3) is 0 Å². The fourth-order valence-corrected chi connectivity index (χ4v) is 2.28. The minimum atomic E-state index is -0.420. The molecule has 0 aliphatic carbocycles. The number of aromatic nitrogens is 1. The van der Waals surface area contributed by atoms with Crippen LogP contribution in [0.15, 0.2) is 45.7 Å². The summed E-state index contributed by atoms with van der Waals surface area (Å²) in [7, 11) is 0. The largest absolute Gasteiger partial charge is 0.458 e. The summed E-state index contributed by atoms with van der Waals surface area (Å²) in [6.07, 6.45) is 1.16. The Kier molecular flexibility index (Phi) is 3.17. The lowest BCUT2D eigenvalue weighted by Crippen LogP contribution is -2.07. The van der Waals surface area contributed by atoms with Crippen molar-refractivity contribution in [1.29, 1.82) is 0 Å². The molecule has 21 heavy (non-hydrogen) atoms. The Balaban J connectivity index is 2.21. The Morgan fingerprint density at radius 1 is 1.29 bits per heavy atom. The van der Waals surface area contributed by atoms with E-state index in [0.29, 0.717) is 22.1 Å². The molecule has 0 radical (unpaired) electrons. The van der Waals surface area contributed by atoms with Crippen LogP contribution in [0.5, 0.6) is 0 Å². The molecule has 0 N–H and O–H groups in total. The van der Waals surface area contributed by atoms with Crippen LogP contribution >= 0.6 is 0 Å². The third-order valence-electron chi connectivity index (χ3n) is 3.28. The molecule has 0 saturated carbocycles. The Bertz CT molecular complexity index is 898. The van der Waals surface area contributed by atoms with Crippen LogP contribution in [0, 0.1) is 0 Å². The maximum atomic E-state index is 12.5. The summed E-state index contributed by atoms with van der Waals surface area (Å²) in [5, 5.41) is 0.884. The Morgan fingerprint density at radius 2 is 2.10 bits per heavy atom. The van der Waals surface area contributed by atoms with Crippen molar-refractivity contribution in [3.05, 3.63) is 52.3 Å². The average molecular weight is 283 g/mol. The summed E-state index contributed by atoms with van der Waals surface area (Å²) in [5.41, 5.74) is 1.38. The fraction of sp³-hybridized carbons (Fsp3) is 0.188. The lowest BCUT2D eigenvalue weighted by atomic mass is 10.1. The third-order valence-corrected chi connectivity index (χ3v) is 3.28. The Morgan fingerprint density at radius 3 is 2.86 bits per heavy atom. The van der Waals surface area contributed by atoms with Gasteiger partial charge in [0, 0.05) is 13.1 Å². The number of hydrogen-bond acceptors (Lipinski definition) is 5. The standard InChI is InChI=1S/C16H13NO4/c1-9(20-10(2)18)11-5-6-14-13(8-11)15(19)12-4-3-7-17-16(12)21-14/h3-9H,1-2H3. The van der Waals surface area contributed by atoms with Crippen LogP contribution in [0.2, 0.25) is 0 Å². The van der Waals surface area contributed by atoms with Gasteiger partial charge in [0.15, 0.2) is 0 Å². The first kappa shape index (κ1) is 13.3. The van der Waals surface area contributed by atoms with Gasteiger partial charge in [-0.2, -0.15) is 0 Å². The molecule has 1 atom stereocenters. The zero-order chi connectivity index (χ0) is 15.0. The first-order chi connectivity index (χ1) is 10.1. The van der Waals surface area contributed by atoms with Crippen molar-refractivity contribution in [2.24, 2.45) is 0 Å². The summed E-state index contributed by atoms with van der Waals surface area (Å²) in [6, 6.07) is 8.53. The number of esters is 1. The molecule has 5 heteroatoms. The van der Waals surface area contributed by atoms with E-state index in [9.17, 15) is 9.59 Å². The molecule has 0 bridgehead atoms. The van der Waals surface area contributed by atoms with E-state index in [2.05, 4.69) is 4.98 Å². The summed E-state index contributed by atoms with van der Waals surface area (Å²) in [5.74, 6) is -0.364. The first-order valence-corrected chi connectivity index (χ1v) is 6.55. The molecule has 5 nitrogen and oxygen atoms in total. The molecular weight excluding hydrogens is 270 g/mol. The summed E-state index contributed by atoms with van der Waals surface area (Å²) >= 11 is 0. The van der Waals surface area contributed by atoms with E-state index >= 15 is 0 Å². The van der Waals surface area contributed by atoms with E-state index in [1.807, 2.05) is 0 Å². The number of ether oxygens (including phenoxy) is 1. The molecule has 106 valence electrons. The molecule has 0 spiro atoms. The monoisotopic (exact) mass is 283 g/mol. The van der Waals surface area contributed by atoms with E-state index in [-0.39, 0.29) is 11.4 Å². The first-order valence-electron chi connectivity index (χ1n) is 6.55. The highest BCUT2D eigenvalue weighted by molar-refractivity contribution is 5.88. The van der Waals surface area contributed by atoms with Crippen LogP contribution in [0.25, 0.3) is 22.1 Å². The van der Waals surface area contributed by atoms with Gasteiger partial charge in [-0.05, 0) is 36.8 Å². The second kappa shape index (κ2) is 5.01. The van der Waals surface area contributed by atoms with Gasteiger partial charge in [-0.1, -0.05) is 6.07 Å². The summed E-state index contributed by atoms with van der Waals surface area (Å²) < 4.78 is 10.8. The lowest BCUT2D eigenvalue weighted by molar-refractivity contribution is -0.145. The van der Waals surface area contributed by atoms with E-state index in [4.69, 9.17) is 9.15 Å². The maximum absolute atomic E-state index is 12.5. The number of benzene rings is 1. The fourth-order valence-electron chi connectivity index (χ4n) is 2.28. The zero-order valence-electron chi connectivity index (χ0n) is 11.6. The SMILES string of the molecule is CC(=O)OC(C)c1ccc2oc3ncccc3c(=O)c2c1. The minimum absolute atomic E-state index is 0.142. The number of carbonyl (C=O) groups is 1. The van der Waals surface area contributed by atoms with Crippen LogP contribution < -0.4 is 5.43 Å². The van der Waals surface area contributed by atoms with Gasteiger partial charge in [-0.3, -0.25) is 9.59 Å². The van der Waals surface area contributed by atoms with E-state index < -0.39 is 6.10 Å². The normalized spacial score (nSPS) is 12.5. The highest BCUT2D eigenvalue weighted by Gasteiger charge is 2.13.